The van der Waals surface area contributed by atoms with Crippen molar-refractivity contribution in [3.63, 3.8) is 0 Å². The van der Waals surface area contributed by atoms with Crippen LogP contribution >= 0.6 is 0 Å². The lowest BCUT2D eigenvalue weighted by Crippen LogP contribution is -2.16. The van der Waals surface area contributed by atoms with Gasteiger partial charge in [0.15, 0.2) is 0 Å². The van der Waals surface area contributed by atoms with Gasteiger partial charge in [-0.05, 0) is 24.5 Å². The van der Waals surface area contributed by atoms with Crippen LogP contribution in [0, 0.1) is 0 Å². The van der Waals surface area contributed by atoms with Crippen LogP contribution in [-0.2, 0) is 13.5 Å². The molecule has 1 aliphatic carbocycles. The second-order valence-corrected chi connectivity index (χ2v) is 6.46. The highest BCUT2D eigenvalue weighted by atomic mass is 15.2. The molecule has 23 heavy (non-hydrogen) atoms. The summed E-state index contributed by atoms with van der Waals surface area (Å²) in [5.41, 5.74) is 3.58. The third-order valence-electron chi connectivity index (χ3n) is 4.78. The van der Waals surface area contributed by atoms with Gasteiger partial charge in [0.05, 0.1) is 0 Å². The Balaban J connectivity index is 1.62. The molecule has 1 aliphatic rings. The molecule has 1 N–H and O–H groups in total. The average Bonchev–Trinajstić information content (AvgIpc) is 3.18. The van der Waals surface area contributed by atoms with Crippen LogP contribution < -0.4 is 5.32 Å². The first-order chi connectivity index (χ1) is 11.3. The summed E-state index contributed by atoms with van der Waals surface area (Å²) in [6.07, 6.45) is 7.94. The fraction of sp³-hybridized carbons (Fsp3) is 0.368. The summed E-state index contributed by atoms with van der Waals surface area (Å²) in [7, 11) is 2.09. The number of nitrogens with zero attached hydrogens (tertiary/aromatic N) is 3. The Morgan fingerprint density at radius 2 is 1.96 bits per heavy atom. The van der Waals surface area contributed by atoms with E-state index in [1.54, 1.807) is 0 Å². The van der Waals surface area contributed by atoms with Gasteiger partial charge in [-0.25, -0.2) is 4.98 Å². The van der Waals surface area contributed by atoms with E-state index in [0.717, 1.165) is 23.4 Å². The van der Waals surface area contributed by atoms with Crippen molar-refractivity contribution >= 4 is 17.0 Å². The third kappa shape index (κ3) is 2.93. The molecule has 0 unspecified atom stereocenters. The fourth-order valence-electron chi connectivity index (χ4n) is 3.46. The van der Waals surface area contributed by atoms with Crippen LogP contribution in [0.1, 0.15) is 36.9 Å². The van der Waals surface area contributed by atoms with E-state index >= 15 is 0 Å². The van der Waals surface area contributed by atoms with Gasteiger partial charge in [0, 0.05) is 36.8 Å². The van der Waals surface area contributed by atoms with Crippen LogP contribution in [0.2, 0.25) is 0 Å². The van der Waals surface area contributed by atoms with Crippen LogP contribution in [0.25, 0.3) is 11.0 Å². The molecule has 0 spiro atoms. The molecule has 118 valence electrons. The zero-order valence-electron chi connectivity index (χ0n) is 13.5. The number of nitrogens with one attached hydrogen (secondary N) is 1. The first kappa shape index (κ1) is 14.2. The van der Waals surface area contributed by atoms with Gasteiger partial charge in [0.2, 0.25) is 5.95 Å². The molecule has 4 rings (SSSR count). The largest absolute Gasteiger partial charge is 0.351 e. The standard InChI is InChI=1S/C19H22N4/c1-23-17(11-14-7-3-2-4-8-14)12-15-13-20-19(22-18(15)23)21-16-9-5-6-10-16/h2-4,7-8,12-13,16H,5-6,9-11H2,1H3,(H,20,21,22). The molecule has 0 radical (unpaired) electrons. The van der Waals surface area contributed by atoms with Crippen molar-refractivity contribution in [2.24, 2.45) is 7.05 Å². The average molecular weight is 306 g/mol. The molecular formula is C19H22N4. The molecule has 1 saturated carbocycles. The Bertz CT molecular complexity index is 801. The van der Waals surface area contributed by atoms with Gasteiger partial charge in [-0.15, -0.1) is 0 Å². The van der Waals surface area contributed by atoms with E-state index in [2.05, 4.69) is 58.3 Å². The summed E-state index contributed by atoms with van der Waals surface area (Å²) in [5.74, 6) is 0.761. The Hall–Kier alpha value is -2.36. The smallest absolute Gasteiger partial charge is 0.224 e. The molecule has 3 aromatic rings. The first-order valence-corrected chi connectivity index (χ1v) is 8.41. The van der Waals surface area contributed by atoms with Crippen LogP contribution in [0.4, 0.5) is 5.95 Å². The zero-order valence-corrected chi connectivity index (χ0v) is 13.5. The Kier molecular flexibility index (Phi) is 3.74. The number of hydrogen-bond acceptors (Lipinski definition) is 3. The lowest BCUT2D eigenvalue weighted by molar-refractivity contribution is 0.744. The van der Waals surface area contributed by atoms with Crippen molar-refractivity contribution in [3.05, 3.63) is 53.9 Å². The van der Waals surface area contributed by atoms with Crippen molar-refractivity contribution in [1.29, 1.82) is 0 Å². The van der Waals surface area contributed by atoms with Crippen LogP contribution in [0.5, 0.6) is 0 Å². The third-order valence-corrected chi connectivity index (χ3v) is 4.78. The molecule has 0 bridgehead atoms. The number of aryl methyl sites for hydroxylation is 1. The van der Waals surface area contributed by atoms with Crippen molar-refractivity contribution in [2.75, 3.05) is 5.32 Å². The predicted molar refractivity (Wildman–Crippen MR) is 93.6 cm³/mol. The van der Waals surface area contributed by atoms with Crippen LogP contribution in [0.15, 0.2) is 42.6 Å². The van der Waals surface area contributed by atoms with Crippen LogP contribution in [-0.4, -0.2) is 20.6 Å². The number of benzene rings is 1. The summed E-state index contributed by atoms with van der Waals surface area (Å²) in [4.78, 5) is 9.24. The van der Waals surface area contributed by atoms with E-state index in [1.807, 2.05) is 6.20 Å². The summed E-state index contributed by atoms with van der Waals surface area (Å²) in [6, 6.07) is 13.3. The molecular weight excluding hydrogens is 284 g/mol. The monoisotopic (exact) mass is 306 g/mol. The second-order valence-electron chi connectivity index (χ2n) is 6.46. The molecule has 0 saturated heterocycles. The maximum atomic E-state index is 4.74. The van der Waals surface area contributed by atoms with E-state index in [1.165, 1.54) is 36.9 Å². The highest BCUT2D eigenvalue weighted by Gasteiger charge is 2.16. The summed E-state index contributed by atoms with van der Waals surface area (Å²) < 4.78 is 2.18. The van der Waals surface area contributed by atoms with E-state index in [9.17, 15) is 0 Å². The van der Waals surface area contributed by atoms with Gasteiger partial charge >= 0.3 is 0 Å². The maximum Gasteiger partial charge on any atom is 0.224 e. The van der Waals surface area contributed by atoms with Crippen molar-refractivity contribution in [3.8, 4) is 0 Å². The Morgan fingerprint density at radius 3 is 2.74 bits per heavy atom. The SMILES string of the molecule is Cn1c(Cc2ccccc2)cc2cnc(NC3CCCC3)nc21. The highest BCUT2D eigenvalue weighted by molar-refractivity contribution is 5.77. The number of aromatic nitrogens is 3. The molecule has 1 aromatic carbocycles. The zero-order chi connectivity index (χ0) is 15.6. The van der Waals surface area contributed by atoms with Crippen molar-refractivity contribution < 1.29 is 0 Å². The number of fused-ring (bicyclic) bond motifs is 1. The lowest BCUT2D eigenvalue weighted by Gasteiger charge is -2.11. The molecule has 4 heteroatoms. The van der Waals surface area contributed by atoms with Crippen molar-refractivity contribution in [2.45, 2.75) is 38.1 Å². The quantitative estimate of drug-likeness (QED) is 0.794. The van der Waals surface area contributed by atoms with Gasteiger partial charge in [-0.1, -0.05) is 43.2 Å². The highest BCUT2D eigenvalue weighted by Crippen LogP contribution is 2.23. The van der Waals surface area contributed by atoms with Crippen molar-refractivity contribution in [1.82, 2.24) is 14.5 Å². The molecule has 2 aromatic heterocycles. The van der Waals surface area contributed by atoms with E-state index < -0.39 is 0 Å². The predicted octanol–water partition coefficient (Wildman–Crippen LogP) is 3.91. The normalized spacial score (nSPS) is 15.3. The van der Waals surface area contributed by atoms with Gasteiger partial charge in [-0.3, -0.25) is 0 Å². The van der Waals surface area contributed by atoms with Gasteiger partial charge < -0.3 is 9.88 Å². The second kappa shape index (κ2) is 6.03. The minimum Gasteiger partial charge on any atom is -0.351 e. The summed E-state index contributed by atoms with van der Waals surface area (Å²) in [6.45, 7) is 0. The maximum absolute atomic E-state index is 4.74. The molecule has 4 nitrogen and oxygen atoms in total. The van der Waals surface area contributed by atoms with E-state index in [4.69, 9.17) is 4.98 Å². The molecule has 1 fully saturated rings. The molecule has 0 aliphatic heterocycles. The minimum absolute atomic E-state index is 0.538. The molecule has 0 atom stereocenters. The Labute approximate surface area is 136 Å². The van der Waals surface area contributed by atoms with E-state index in [-0.39, 0.29) is 0 Å². The lowest BCUT2D eigenvalue weighted by atomic mass is 10.1. The number of rotatable bonds is 4. The number of hydrogen-bond donors (Lipinski definition) is 1. The fourth-order valence-corrected chi connectivity index (χ4v) is 3.46. The van der Waals surface area contributed by atoms with Crippen LogP contribution in [0.3, 0.4) is 0 Å². The topological polar surface area (TPSA) is 42.7 Å². The first-order valence-electron chi connectivity index (χ1n) is 8.41. The van der Waals surface area contributed by atoms with Gasteiger partial charge in [0.1, 0.15) is 5.65 Å². The van der Waals surface area contributed by atoms with Gasteiger partial charge in [-0.2, -0.15) is 4.98 Å². The summed E-state index contributed by atoms with van der Waals surface area (Å²) in [5, 5.41) is 4.59. The Morgan fingerprint density at radius 1 is 1.17 bits per heavy atom. The number of anilines is 1. The minimum atomic E-state index is 0.538. The molecule has 0 amide bonds. The van der Waals surface area contributed by atoms with Gasteiger partial charge in [0.25, 0.3) is 0 Å². The molecule has 2 heterocycles. The summed E-state index contributed by atoms with van der Waals surface area (Å²) >= 11 is 0. The van der Waals surface area contributed by atoms with E-state index in [0.29, 0.717) is 6.04 Å².